The van der Waals surface area contributed by atoms with Crippen LogP contribution in [0.5, 0.6) is 11.5 Å². The highest BCUT2D eigenvalue weighted by atomic mass is 79.9. The van der Waals surface area contributed by atoms with Crippen LogP contribution in [-0.4, -0.2) is 19.3 Å². The molecule has 0 aliphatic heterocycles. The summed E-state index contributed by atoms with van der Waals surface area (Å²) in [5, 5.41) is 3.97. The van der Waals surface area contributed by atoms with Crippen LogP contribution >= 0.6 is 15.9 Å². The van der Waals surface area contributed by atoms with Crippen molar-refractivity contribution in [2.24, 2.45) is 17.8 Å². The summed E-state index contributed by atoms with van der Waals surface area (Å²) in [5.41, 5.74) is 1.66. The Morgan fingerprint density at radius 3 is 2.32 bits per heavy atom. The number of nitrogens with one attached hydrogen (secondary N) is 1. The van der Waals surface area contributed by atoms with Crippen LogP contribution in [0, 0.1) is 17.8 Å². The van der Waals surface area contributed by atoms with Gasteiger partial charge in [-0.15, -0.1) is 0 Å². The minimum atomic E-state index is 0.395. The van der Waals surface area contributed by atoms with Gasteiger partial charge in [0.05, 0.1) is 18.2 Å². The van der Waals surface area contributed by atoms with Gasteiger partial charge in [-0.1, -0.05) is 6.92 Å². The van der Waals surface area contributed by atoms with Gasteiger partial charge in [-0.25, -0.2) is 0 Å². The third-order valence-corrected chi connectivity index (χ3v) is 7.03. The normalized spacial score (nSPS) is 32.8. The number of hydrogen-bond donors (Lipinski definition) is 1. The topological polar surface area (TPSA) is 30.5 Å². The molecule has 4 bridgehead atoms. The van der Waals surface area contributed by atoms with E-state index in [9.17, 15) is 0 Å². The molecule has 4 fully saturated rings. The molecule has 3 nitrogen and oxygen atoms in total. The minimum absolute atomic E-state index is 0.395. The zero-order chi connectivity index (χ0) is 17.4. The second kappa shape index (κ2) is 7.11. The Labute approximate surface area is 160 Å². The average Bonchev–Trinajstić information content (AvgIpc) is 2.57. The van der Waals surface area contributed by atoms with Crippen molar-refractivity contribution in [2.75, 3.05) is 13.7 Å². The molecule has 0 atom stereocenters. The third kappa shape index (κ3) is 3.57. The fourth-order valence-corrected chi connectivity index (χ4v) is 6.44. The van der Waals surface area contributed by atoms with Gasteiger partial charge >= 0.3 is 0 Å². The van der Waals surface area contributed by atoms with E-state index >= 15 is 0 Å². The molecule has 4 aliphatic carbocycles. The predicted molar refractivity (Wildman–Crippen MR) is 104 cm³/mol. The van der Waals surface area contributed by atoms with E-state index in [1.807, 2.05) is 0 Å². The summed E-state index contributed by atoms with van der Waals surface area (Å²) in [6.07, 6.45) is 9.61. The van der Waals surface area contributed by atoms with E-state index < -0.39 is 0 Å². The van der Waals surface area contributed by atoms with Crippen LogP contribution in [-0.2, 0) is 6.54 Å². The number of halogens is 1. The SMILES string of the molecule is CCCOc1c(Br)cc(CNC23CC4CC(CC(C4)C2)C3)cc1OC. The Kier molecular flexibility index (Phi) is 5.02. The summed E-state index contributed by atoms with van der Waals surface area (Å²) in [7, 11) is 1.72. The van der Waals surface area contributed by atoms with Gasteiger partial charge in [0.25, 0.3) is 0 Å². The highest BCUT2D eigenvalue weighted by Crippen LogP contribution is 2.55. The zero-order valence-corrected chi connectivity index (χ0v) is 17.0. The van der Waals surface area contributed by atoms with Crippen molar-refractivity contribution in [2.45, 2.75) is 64.0 Å². The lowest BCUT2D eigenvalue weighted by atomic mass is 9.53. The molecular formula is C21H30BrNO2. The van der Waals surface area contributed by atoms with Crippen LogP contribution in [0.2, 0.25) is 0 Å². The van der Waals surface area contributed by atoms with Gasteiger partial charge in [0, 0.05) is 12.1 Å². The van der Waals surface area contributed by atoms with Crippen LogP contribution in [0.15, 0.2) is 16.6 Å². The molecule has 4 heteroatoms. The third-order valence-electron chi connectivity index (χ3n) is 6.45. The molecule has 5 rings (SSSR count). The van der Waals surface area contributed by atoms with Gasteiger partial charge in [-0.2, -0.15) is 0 Å². The molecule has 0 unspecified atom stereocenters. The van der Waals surface area contributed by atoms with Gasteiger partial charge in [0.2, 0.25) is 0 Å². The first-order valence-corrected chi connectivity index (χ1v) is 10.6. The van der Waals surface area contributed by atoms with Crippen LogP contribution in [0.3, 0.4) is 0 Å². The van der Waals surface area contributed by atoms with Crippen LogP contribution in [0.1, 0.15) is 57.4 Å². The summed E-state index contributed by atoms with van der Waals surface area (Å²) in [4.78, 5) is 0. The Morgan fingerprint density at radius 1 is 1.12 bits per heavy atom. The molecule has 0 amide bonds. The monoisotopic (exact) mass is 407 g/mol. The Morgan fingerprint density at radius 2 is 1.76 bits per heavy atom. The van der Waals surface area contributed by atoms with Crippen molar-refractivity contribution in [3.05, 3.63) is 22.2 Å². The summed E-state index contributed by atoms with van der Waals surface area (Å²) < 4.78 is 12.4. The molecule has 1 aromatic carbocycles. The lowest BCUT2D eigenvalue weighted by molar-refractivity contribution is -0.0206. The number of benzene rings is 1. The predicted octanol–water partition coefficient (Wildman–Crippen LogP) is 5.30. The van der Waals surface area contributed by atoms with Gasteiger partial charge in [0.15, 0.2) is 11.5 Å². The van der Waals surface area contributed by atoms with Crippen molar-refractivity contribution in [1.29, 1.82) is 0 Å². The van der Waals surface area contributed by atoms with E-state index in [-0.39, 0.29) is 0 Å². The molecule has 25 heavy (non-hydrogen) atoms. The maximum Gasteiger partial charge on any atom is 0.175 e. The van der Waals surface area contributed by atoms with Crippen LogP contribution < -0.4 is 14.8 Å². The largest absolute Gasteiger partial charge is 0.493 e. The average molecular weight is 408 g/mol. The molecule has 0 aromatic heterocycles. The molecule has 0 saturated heterocycles. The van der Waals surface area contributed by atoms with Gasteiger partial charge < -0.3 is 14.8 Å². The molecule has 0 radical (unpaired) electrons. The van der Waals surface area contributed by atoms with Crippen LogP contribution in [0.25, 0.3) is 0 Å². The molecule has 0 spiro atoms. The number of ether oxygens (including phenoxy) is 2. The first-order chi connectivity index (χ1) is 12.1. The van der Waals surface area contributed by atoms with Crippen LogP contribution in [0.4, 0.5) is 0 Å². The fraction of sp³-hybridized carbons (Fsp3) is 0.714. The molecule has 4 saturated carbocycles. The van der Waals surface area contributed by atoms with Gasteiger partial charge in [0.1, 0.15) is 0 Å². The molecule has 4 aliphatic rings. The van der Waals surface area contributed by atoms with E-state index in [1.54, 1.807) is 7.11 Å². The first-order valence-electron chi connectivity index (χ1n) is 9.85. The first kappa shape index (κ1) is 17.7. The molecular weight excluding hydrogens is 378 g/mol. The maximum atomic E-state index is 5.85. The Balaban J connectivity index is 1.47. The molecule has 1 N–H and O–H groups in total. The second-order valence-corrected chi connectivity index (χ2v) is 9.36. The minimum Gasteiger partial charge on any atom is -0.493 e. The van der Waals surface area contributed by atoms with Gasteiger partial charge in [-0.05, 0) is 96.3 Å². The molecule has 1 aromatic rings. The smallest absolute Gasteiger partial charge is 0.175 e. The highest BCUT2D eigenvalue weighted by molar-refractivity contribution is 9.10. The van der Waals surface area contributed by atoms with E-state index in [0.717, 1.165) is 46.7 Å². The van der Waals surface area contributed by atoms with E-state index in [1.165, 1.54) is 44.1 Å². The maximum absolute atomic E-state index is 5.85. The van der Waals surface area contributed by atoms with Gasteiger partial charge in [-0.3, -0.25) is 0 Å². The van der Waals surface area contributed by atoms with Crippen molar-refractivity contribution >= 4 is 15.9 Å². The van der Waals surface area contributed by atoms with E-state index in [2.05, 4.69) is 40.3 Å². The summed E-state index contributed by atoms with van der Waals surface area (Å²) in [6.45, 7) is 3.74. The summed E-state index contributed by atoms with van der Waals surface area (Å²) >= 11 is 3.67. The number of hydrogen-bond acceptors (Lipinski definition) is 3. The lowest BCUT2D eigenvalue weighted by Crippen LogP contribution is -2.58. The Hall–Kier alpha value is -0.740. The highest BCUT2D eigenvalue weighted by Gasteiger charge is 2.50. The van der Waals surface area contributed by atoms with Crippen molar-refractivity contribution in [3.63, 3.8) is 0 Å². The Bertz CT molecular complexity index is 595. The standard InChI is InChI=1S/C21H30BrNO2/c1-3-4-25-20-18(22)8-17(9-19(20)24-2)13-23-21-10-14-5-15(11-21)7-16(6-14)12-21/h8-9,14-16,23H,3-7,10-13H2,1-2H3. The second-order valence-electron chi connectivity index (χ2n) is 8.51. The van der Waals surface area contributed by atoms with Crippen molar-refractivity contribution < 1.29 is 9.47 Å². The van der Waals surface area contributed by atoms with E-state index in [0.29, 0.717) is 12.1 Å². The quantitative estimate of drug-likeness (QED) is 0.664. The fourth-order valence-electron chi connectivity index (χ4n) is 5.84. The zero-order valence-electron chi connectivity index (χ0n) is 15.4. The van der Waals surface area contributed by atoms with Crippen molar-refractivity contribution in [3.8, 4) is 11.5 Å². The molecule has 138 valence electrons. The number of rotatable bonds is 7. The lowest BCUT2D eigenvalue weighted by Gasteiger charge is -2.57. The molecule has 0 heterocycles. The van der Waals surface area contributed by atoms with Crippen molar-refractivity contribution in [1.82, 2.24) is 5.32 Å². The summed E-state index contributed by atoms with van der Waals surface area (Å²) in [6, 6.07) is 4.31. The van der Waals surface area contributed by atoms with E-state index in [4.69, 9.17) is 9.47 Å². The summed E-state index contributed by atoms with van der Waals surface area (Å²) in [5.74, 6) is 4.58. The number of methoxy groups -OCH3 is 1.